The van der Waals surface area contributed by atoms with E-state index < -0.39 is 23.0 Å². The van der Waals surface area contributed by atoms with Crippen molar-refractivity contribution in [3.63, 3.8) is 0 Å². The summed E-state index contributed by atoms with van der Waals surface area (Å²) < 4.78 is 38.2. The van der Waals surface area contributed by atoms with E-state index in [1.54, 1.807) is 12.1 Å². The van der Waals surface area contributed by atoms with Crippen molar-refractivity contribution < 1.29 is 22.7 Å². The number of fused-ring (bicyclic) bond motifs is 1. The van der Waals surface area contributed by atoms with Crippen LogP contribution in [0.5, 0.6) is 0 Å². The minimum Gasteiger partial charge on any atom is -0.451 e. The molecule has 4 rings (SSSR count). The molecule has 1 fully saturated rings. The second-order valence-corrected chi connectivity index (χ2v) is 7.07. The highest BCUT2D eigenvalue weighted by Crippen LogP contribution is 2.19. The summed E-state index contributed by atoms with van der Waals surface area (Å²) in [7, 11) is 0. The van der Waals surface area contributed by atoms with Gasteiger partial charge in [-0.25, -0.2) is 8.78 Å². The topological polar surface area (TPSA) is 59.8 Å². The fraction of sp³-hybridized carbons (Fsp3) is 0.273. The van der Waals surface area contributed by atoms with Crippen molar-refractivity contribution in [2.75, 3.05) is 13.2 Å². The molecule has 0 N–H and O–H groups in total. The Kier molecular flexibility index (Phi) is 5.40. The molecule has 2 aromatic carbocycles. The molecule has 1 aliphatic heterocycles. The number of carbonyl (C=O) groups excluding carboxylic acids is 1. The highest BCUT2D eigenvalue weighted by Gasteiger charge is 2.26. The Bertz CT molecular complexity index is 1110. The van der Waals surface area contributed by atoms with Gasteiger partial charge in [0.2, 0.25) is 0 Å². The monoisotopic (exact) mass is 399 g/mol. The lowest BCUT2D eigenvalue weighted by atomic mass is 10.1. The first-order valence-electron chi connectivity index (χ1n) is 9.38. The lowest BCUT2D eigenvalue weighted by Crippen LogP contribution is -2.37. The van der Waals surface area contributed by atoms with Crippen LogP contribution in [0.1, 0.15) is 29.0 Å². The lowest BCUT2D eigenvalue weighted by Gasteiger charge is -2.25. The third-order valence-corrected chi connectivity index (χ3v) is 4.90. The summed E-state index contributed by atoms with van der Waals surface area (Å²) in [6.07, 6.45) is 1.59. The molecule has 1 atom stereocenters. The second-order valence-electron chi connectivity index (χ2n) is 7.07. The Morgan fingerprint density at radius 1 is 1.10 bits per heavy atom. The standard InChI is InChI=1S/C22H19F2NO4/c23-15-4-1-3-14(9-15)12-25(13-17-5-2-8-28-17)22(27)21-11-19(26)18-10-16(24)6-7-20(18)29-21/h1,3-4,6-7,9-11,17H,2,5,8,12-13H2. The summed E-state index contributed by atoms with van der Waals surface area (Å²) in [6, 6.07) is 10.6. The summed E-state index contributed by atoms with van der Waals surface area (Å²) in [5.74, 6) is -1.61. The summed E-state index contributed by atoms with van der Waals surface area (Å²) in [5, 5.41) is 0.0670. The smallest absolute Gasteiger partial charge is 0.290 e. The first-order valence-corrected chi connectivity index (χ1v) is 9.38. The van der Waals surface area contributed by atoms with E-state index in [0.29, 0.717) is 18.7 Å². The van der Waals surface area contributed by atoms with Gasteiger partial charge in [0, 0.05) is 25.8 Å². The molecule has 150 valence electrons. The number of amides is 1. The van der Waals surface area contributed by atoms with Crippen LogP contribution in [0.4, 0.5) is 8.78 Å². The molecular formula is C22H19F2NO4. The molecule has 1 aromatic heterocycles. The Labute approximate surface area is 165 Å². The first kappa shape index (κ1) is 19.3. The number of hydrogen-bond acceptors (Lipinski definition) is 4. The third kappa shape index (κ3) is 4.35. The van der Waals surface area contributed by atoms with E-state index in [1.165, 1.54) is 23.1 Å². The maximum Gasteiger partial charge on any atom is 0.290 e. The minimum atomic E-state index is -0.560. The van der Waals surface area contributed by atoms with Crippen molar-refractivity contribution in [3.05, 3.63) is 81.7 Å². The van der Waals surface area contributed by atoms with Gasteiger partial charge >= 0.3 is 0 Å². The van der Waals surface area contributed by atoms with Crippen molar-refractivity contribution >= 4 is 16.9 Å². The van der Waals surface area contributed by atoms with Crippen LogP contribution < -0.4 is 5.43 Å². The Balaban J connectivity index is 1.67. The van der Waals surface area contributed by atoms with Gasteiger partial charge in [-0.1, -0.05) is 12.1 Å². The van der Waals surface area contributed by atoms with E-state index in [1.807, 2.05) is 0 Å². The third-order valence-electron chi connectivity index (χ3n) is 4.90. The zero-order chi connectivity index (χ0) is 20.4. The van der Waals surface area contributed by atoms with Crippen LogP contribution in [0.25, 0.3) is 11.0 Å². The summed E-state index contributed by atoms with van der Waals surface area (Å²) in [6.45, 7) is 1.06. The van der Waals surface area contributed by atoms with Crippen LogP contribution in [-0.2, 0) is 11.3 Å². The van der Waals surface area contributed by atoms with Crippen LogP contribution >= 0.6 is 0 Å². The van der Waals surface area contributed by atoms with Gasteiger partial charge < -0.3 is 14.1 Å². The largest absolute Gasteiger partial charge is 0.451 e. The van der Waals surface area contributed by atoms with Crippen LogP contribution in [0.2, 0.25) is 0 Å². The van der Waals surface area contributed by atoms with Gasteiger partial charge in [-0.15, -0.1) is 0 Å². The first-order chi connectivity index (χ1) is 14.0. The summed E-state index contributed by atoms with van der Waals surface area (Å²) in [4.78, 5) is 27.0. The lowest BCUT2D eigenvalue weighted by molar-refractivity contribution is 0.0484. The molecule has 1 saturated heterocycles. The SMILES string of the molecule is O=C(c1cc(=O)c2cc(F)ccc2o1)N(Cc1cccc(F)c1)CC1CCCO1. The molecular weight excluding hydrogens is 380 g/mol. The number of hydrogen-bond donors (Lipinski definition) is 0. The number of benzene rings is 2. The molecule has 7 heteroatoms. The molecule has 5 nitrogen and oxygen atoms in total. The number of rotatable bonds is 5. The Morgan fingerprint density at radius 2 is 1.93 bits per heavy atom. The molecule has 1 amide bonds. The van der Waals surface area contributed by atoms with Crippen molar-refractivity contribution in [2.24, 2.45) is 0 Å². The predicted octanol–water partition coefficient (Wildman–Crippen LogP) is 3.89. The molecule has 0 bridgehead atoms. The van der Waals surface area contributed by atoms with Crippen molar-refractivity contribution in [1.82, 2.24) is 4.90 Å². The van der Waals surface area contributed by atoms with Crippen LogP contribution in [0.3, 0.4) is 0 Å². The molecule has 2 heterocycles. The average Bonchev–Trinajstić information content (AvgIpc) is 3.20. The highest BCUT2D eigenvalue weighted by molar-refractivity contribution is 5.93. The Morgan fingerprint density at radius 3 is 2.69 bits per heavy atom. The summed E-state index contributed by atoms with van der Waals surface area (Å²) >= 11 is 0. The summed E-state index contributed by atoms with van der Waals surface area (Å²) in [5.41, 5.74) is 0.239. The van der Waals surface area contributed by atoms with Gasteiger partial charge in [0.15, 0.2) is 11.2 Å². The van der Waals surface area contributed by atoms with E-state index in [2.05, 4.69) is 0 Å². The van der Waals surface area contributed by atoms with Crippen molar-refractivity contribution in [3.8, 4) is 0 Å². The van der Waals surface area contributed by atoms with Crippen LogP contribution in [0.15, 0.2) is 57.7 Å². The van der Waals surface area contributed by atoms with Crippen LogP contribution in [-0.4, -0.2) is 30.1 Å². The van der Waals surface area contributed by atoms with Gasteiger partial charge in [0.05, 0.1) is 11.5 Å². The van der Waals surface area contributed by atoms with Crippen molar-refractivity contribution in [2.45, 2.75) is 25.5 Å². The highest BCUT2D eigenvalue weighted by atomic mass is 19.1. The van der Waals surface area contributed by atoms with Gasteiger partial charge in [-0.3, -0.25) is 9.59 Å². The van der Waals surface area contributed by atoms with E-state index in [0.717, 1.165) is 31.0 Å². The normalized spacial score (nSPS) is 16.3. The number of nitrogens with zero attached hydrogens (tertiary/aromatic N) is 1. The number of carbonyl (C=O) groups is 1. The average molecular weight is 399 g/mol. The van der Waals surface area contributed by atoms with Gasteiger partial charge in [0.1, 0.15) is 17.2 Å². The molecule has 0 saturated carbocycles. The van der Waals surface area contributed by atoms with Crippen molar-refractivity contribution in [1.29, 1.82) is 0 Å². The van der Waals surface area contributed by atoms with Gasteiger partial charge in [-0.05, 0) is 48.7 Å². The Hall–Kier alpha value is -3.06. The van der Waals surface area contributed by atoms with E-state index in [9.17, 15) is 18.4 Å². The van der Waals surface area contributed by atoms with Gasteiger partial charge in [-0.2, -0.15) is 0 Å². The minimum absolute atomic E-state index is 0.0670. The van der Waals surface area contributed by atoms with Gasteiger partial charge in [0.25, 0.3) is 5.91 Å². The molecule has 3 aromatic rings. The van der Waals surface area contributed by atoms with Crippen LogP contribution in [0, 0.1) is 11.6 Å². The molecule has 0 radical (unpaired) electrons. The molecule has 1 aliphatic rings. The fourth-order valence-corrected chi connectivity index (χ4v) is 3.50. The fourth-order valence-electron chi connectivity index (χ4n) is 3.50. The molecule has 0 spiro atoms. The quantitative estimate of drug-likeness (QED) is 0.653. The zero-order valence-corrected chi connectivity index (χ0v) is 15.6. The van der Waals surface area contributed by atoms with E-state index in [4.69, 9.17) is 9.15 Å². The molecule has 0 aliphatic carbocycles. The number of ether oxygens (including phenoxy) is 1. The molecule has 29 heavy (non-hydrogen) atoms. The van der Waals surface area contributed by atoms with E-state index in [-0.39, 0.29) is 29.4 Å². The predicted molar refractivity (Wildman–Crippen MR) is 103 cm³/mol. The maximum atomic E-state index is 13.6. The number of halogens is 2. The second kappa shape index (κ2) is 8.13. The van der Waals surface area contributed by atoms with E-state index >= 15 is 0 Å². The zero-order valence-electron chi connectivity index (χ0n) is 15.6. The maximum absolute atomic E-state index is 13.6. The molecule has 1 unspecified atom stereocenters.